The smallest absolute Gasteiger partial charge is 0.253 e. The van der Waals surface area contributed by atoms with Gasteiger partial charge in [-0.3, -0.25) is 14.7 Å². The van der Waals surface area contributed by atoms with Gasteiger partial charge in [0.2, 0.25) is 5.91 Å². The molecule has 0 saturated carbocycles. The predicted molar refractivity (Wildman–Crippen MR) is 111 cm³/mol. The van der Waals surface area contributed by atoms with Crippen molar-refractivity contribution in [2.75, 3.05) is 24.7 Å². The number of anilines is 1. The van der Waals surface area contributed by atoms with Crippen LogP contribution in [0.25, 0.3) is 10.9 Å². The van der Waals surface area contributed by atoms with Gasteiger partial charge in [0.1, 0.15) is 5.54 Å². The first-order valence-corrected chi connectivity index (χ1v) is 9.93. The number of nitrogens with one attached hydrogen (secondary N) is 2. The van der Waals surface area contributed by atoms with Gasteiger partial charge in [0.25, 0.3) is 5.91 Å². The van der Waals surface area contributed by atoms with Crippen LogP contribution in [-0.2, 0) is 4.79 Å². The SMILES string of the molecule is Cc1[nH]nc2ccc(C(=O)N3CCC4(CC3)C(=O)NCN4c3ccccc3)cc12. The zero-order valence-corrected chi connectivity index (χ0v) is 16.3. The highest BCUT2D eigenvalue weighted by Gasteiger charge is 2.50. The third-order valence-corrected chi connectivity index (χ3v) is 6.27. The number of carbonyl (C=O) groups excluding carboxylic acids is 2. The minimum absolute atomic E-state index is 0.00650. The van der Waals surface area contributed by atoms with Gasteiger partial charge in [0.05, 0.1) is 12.2 Å². The summed E-state index contributed by atoms with van der Waals surface area (Å²) in [5, 5.41) is 11.1. The molecule has 2 fully saturated rings. The van der Waals surface area contributed by atoms with Gasteiger partial charge in [-0.1, -0.05) is 18.2 Å². The van der Waals surface area contributed by atoms with Crippen LogP contribution in [0.15, 0.2) is 48.5 Å². The van der Waals surface area contributed by atoms with Crippen LogP contribution in [0.2, 0.25) is 0 Å². The van der Waals surface area contributed by atoms with Crippen LogP contribution in [0.1, 0.15) is 28.9 Å². The molecule has 7 nitrogen and oxygen atoms in total. The molecule has 0 unspecified atom stereocenters. The molecular weight excluding hydrogens is 366 g/mol. The summed E-state index contributed by atoms with van der Waals surface area (Å²) in [6, 6.07) is 15.6. The van der Waals surface area contributed by atoms with Gasteiger partial charge in [-0.15, -0.1) is 0 Å². The van der Waals surface area contributed by atoms with Gasteiger partial charge < -0.3 is 15.1 Å². The van der Waals surface area contributed by atoms with E-state index in [0.717, 1.165) is 22.3 Å². The summed E-state index contributed by atoms with van der Waals surface area (Å²) in [4.78, 5) is 29.9. The molecule has 5 rings (SSSR count). The average molecular weight is 389 g/mol. The van der Waals surface area contributed by atoms with Crippen molar-refractivity contribution in [1.29, 1.82) is 0 Å². The molecule has 0 atom stereocenters. The van der Waals surface area contributed by atoms with E-state index in [1.165, 1.54) is 0 Å². The highest BCUT2D eigenvalue weighted by atomic mass is 16.2. The Morgan fingerprint density at radius 3 is 2.62 bits per heavy atom. The van der Waals surface area contributed by atoms with Crippen LogP contribution in [0, 0.1) is 6.92 Å². The highest BCUT2D eigenvalue weighted by molar-refractivity contribution is 5.99. The van der Waals surface area contributed by atoms with Crippen LogP contribution >= 0.6 is 0 Å². The van der Waals surface area contributed by atoms with Crippen LogP contribution < -0.4 is 10.2 Å². The number of rotatable bonds is 2. The molecule has 0 aliphatic carbocycles. The molecule has 3 aromatic rings. The van der Waals surface area contributed by atoms with Gasteiger partial charge in [0, 0.05) is 35.4 Å². The summed E-state index contributed by atoms with van der Waals surface area (Å²) in [6.07, 6.45) is 1.24. The molecule has 2 aromatic carbocycles. The van der Waals surface area contributed by atoms with Gasteiger partial charge in [-0.25, -0.2) is 0 Å². The summed E-state index contributed by atoms with van der Waals surface area (Å²) >= 11 is 0. The number of carbonyl (C=O) groups is 2. The third kappa shape index (κ3) is 2.76. The highest BCUT2D eigenvalue weighted by Crippen LogP contribution is 2.36. The zero-order chi connectivity index (χ0) is 20.0. The molecule has 2 amide bonds. The fourth-order valence-electron chi connectivity index (χ4n) is 4.57. The third-order valence-electron chi connectivity index (χ3n) is 6.27. The number of aromatic nitrogens is 2. The Labute approximate surface area is 168 Å². The molecule has 1 spiro atoms. The Morgan fingerprint density at radius 2 is 1.86 bits per heavy atom. The quantitative estimate of drug-likeness (QED) is 0.705. The van der Waals surface area contributed by atoms with Crippen molar-refractivity contribution in [1.82, 2.24) is 20.4 Å². The van der Waals surface area contributed by atoms with Crippen molar-refractivity contribution in [3.05, 3.63) is 59.8 Å². The second-order valence-electron chi connectivity index (χ2n) is 7.83. The van der Waals surface area contributed by atoms with E-state index in [9.17, 15) is 9.59 Å². The van der Waals surface area contributed by atoms with E-state index >= 15 is 0 Å². The molecular formula is C22H23N5O2. The zero-order valence-electron chi connectivity index (χ0n) is 16.3. The monoisotopic (exact) mass is 389 g/mol. The van der Waals surface area contributed by atoms with Gasteiger partial charge in [-0.05, 0) is 50.1 Å². The Morgan fingerprint density at radius 1 is 1.10 bits per heavy atom. The van der Waals surface area contributed by atoms with E-state index in [2.05, 4.69) is 20.4 Å². The number of benzene rings is 2. The number of piperidine rings is 1. The molecule has 1 aromatic heterocycles. The maximum atomic E-state index is 13.1. The van der Waals surface area contributed by atoms with Crippen molar-refractivity contribution >= 4 is 28.4 Å². The summed E-state index contributed by atoms with van der Waals surface area (Å²) in [7, 11) is 0. The van der Waals surface area contributed by atoms with Crippen LogP contribution in [0.5, 0.6) is 0 Å². The average Bonchev–Trinajstić information content (AvgIpc) is 3.29. The number of fused-ring (bicyclic) bond motifs is 1. The minimum atomic E-state index is -0.580. The van der Waals surface area contributed by atoms with E-state index in [1.807, 2.05) is 60.4 Å². The van der Waals surface area contributed by atoms with Gasteiger partial charge in [-0.2, -0.15) is 5.10 Å². The standard InChI is InChI=1S/C22H23N5O2/c1-15-18-13-16(7-8-19(18)25-24-15)20(28)26-11-9-22(10-12-26)21(29)23-14-27(22)17-5-3-2-4-6-17/h2-8,13H,9-12,14H2,1H3,(H,23,29)(H,24,25). The lowest BCUT2D eigenvalue weighted by molar-refractivity contribution is -0.124. The number of hydrogen-bond donors (Lipinski definition) is 2. The lowest BCUT2D eigenvalue weighted by Crippen LogP contribution is -2.57. The first-order valence-electron chi connectivity index (χ1n) is 9.93. The molecule has 0 radical (unpaired) electrons. The summed E-state index contributed by atoms with van der Waals surface area (Å²) in [5.41, 5.74) is 2.93. The molecule has 7 heteroatoms. The molecule has 148 valence electrons. The fraction of sp³-hybridized carbons (Fsp3) is 0.318. The Hall–Kier alpha value is -3.35. The maximum absolute atomic E-state index is 13.1. The molecule has 2 aliphatic heterocycles. The first-order chi connectivity index (χ1) is 14.1. The Bertz CT molecular complexity index is 1080. The molecule has 2 N–H and O–H groups in total. The van der Waals surface area contributed by atoms with Crippen LogP contribution in [0.4, 0.5) is 5.69 Å². The molecule has 2 aliphatic rings. The number of H-pyrrole nitrogens is 1. The maximum Gasteiger partial charge on any atom is 0.253 e. The lowest BCUT2D eigenvalue weighted by atomic mass is 9.85. The number of para-hydroxylation sites is 1. The van der Waals surface area contributed by atoms with Gasteiger partial charge in [0.15, 0.2) is 0 Å². The van der Waals surface area contributed by atoms with E-state index in [1.54, 1.807) is 0 Å². The Kier molecular flexibility index (Phi) is 4.04. The van der Waals surface area contributed by atoms with Crippen molar-refractivity contribution < 1.29 is 9.59 Å². The number of nitrogens with zero attached hydrogens (tertiary/aromatic N) is 3. The summed E-state index contributed by atoms with van der Waals surface area (Å²) < 4.78 is 0. The van der Waals surface area contributed by atoms with E-state index in [0.29, 0.717) is 38.2 Å². The van der Waals surface area contributed by atoms with Crippen LogP contribution in [-0.4, -0.2) is 52.2 Å². The second-order valence-corrected chi connectivity index (χ2v) is 7.83. The van der Waals surface area contributed by atoms with E-state index < -0.39 is 5.54 Å². The van der Waals surface area contributed by atoms with Crippen molar-refractivity contribution in [2.45, 2.75) is 25.3 Å². The number of hydrogen-bond acceptors (Lipinski definition) is 4. The number of amides is 2. The minimum Gasteiger partial charge on any atom is -0.339 e. The van der Waals surface area contributed by atoms with Crippen molar-refractivity contribution in [2.24, 2.45) is 0 Å². The lowest BCUT2D eigenvalue weighted by Gasteiger charge is -2.43. The molecule has 3 heterocycles. The summed E-state index contributed by atoms with van der Waals surface area (Å²) in [6.45, 7) is 3.56. The largest absolute Gasteiger partial charge is 0.339 e. The summed E-state index contributed by atoms with van der Waals surface area (Å²) in [5.74, 6) is 0.0657. The number of likely N-dealkylation sites (tertiary alicyclic amines) is 1. The number of aromatic amines is 1. The predicted octanol–water partition coefficient (Wildman–Crippen LogP) is 2.44. The second kappa shape index (κ2) is 6.62. The molecule has 29 heavy (non-hydrogen) atoms. The van der Waals surface area contributed by atoms with Crippen molar-refractivity contribution in [3.8, 4) is 0 Å². The molecule has 2 saturated heterocycles. The number of aryl methyl sites for hydroxylation is 1. The normalized spacial score (nSPS) is 18.4. The van der Waals surface area contributed by atoms with Crippen LogP contribution in [0.3, 0.4) is 0 Å². The topological polar surface area (TPSA) is 81.3 Å². The van der Waals surface area contributed by atoms with Crippen molar-refractivity contribution in [3.63, 3.8) is 0 Å². The Balaban J connectivity index is 1.36. The fourth-order valence-corrected chi connectivity index (χ4v) is 4.57. The van der Waals surface area contributed by atoms with E-state index in [-0.39, 0.29) is 11.8 Å². The van der Waals surface area contributed by atoms with E-state index in [4.69, 9.17) is 0 Å². The molecule has 0 bridgehead atoms. The first kappa shape index (κ1) is 17.7. The van der Waals surface area contributed by atoms with Gasteiger partial charge >= 0.3 is 0 Å².